The number of amides is 1. The number of rotatable bonds is 8. The highest BCUT2D eigenvalue weighted by Gasteiger charge is 2.26. The van der Waals surface area contributed by atoms with Crippen LogP contribution in [0.5, 0.6) is 11.5 Å². The van der Waals surface area contributed by atoms with Crippen molar-refractivity contribution in [1.29, 1.82) is 5.26 Å². The lowest BCUT2D eigenvalue weighted by atomic mass is 10.1. The van der Waals surface area contributed by atoms with Gasteiger partial charge in [0.05, 0.1) is 13.7 Å². The van der Waals surface area contributed by atoms with Crippen LogP contribution < -0.4 is 14.4 Å². The second-order valence-electron chi connectivity index (χ2n) is 7.57. The fraction of sp³-hybridized carbons (Fsp3) is 0.185. The number of para-hydroxylation sites is 1. The Labute approximate surface area is 208 Å². The van der Waals surface area contributed by atoms with Crippen LogP contribution in [0.1, 0.15) is 11.1 Å². The van der Waals surface area contributed by atoms with Crippen molar-refractivity contribution in [3.8, 4) is 17.6 Å². The van der Waals surface area contributed by atoms with Crippen LogP contribution >= 0.6 is 23.4 Å². The van der Waals surface area contributed by atoms with E-state index in [4.69, 9.17) is 21.1 Å². The zero-order chi connectivity index (χ0) is 23.9. The number of methoxy groups -OCH3 is 1. The molecule has 1 aliphatic heterocycles. The molecule has 0 fully saturated rings. The maximum atomic E-state index is 13.0. The molecular formula is C27H23ClN2O3S. The minimum absolute atomic E-state index is 0.0757. The zero-order valence-corrected chi connectivity index (χ0v) is 20.2. The number of carbonyl (C=O) groups excluding carboxylic acids is 1. The number of thioether (sulfide) groups is 1. The van der Waals surface area contributed by atoms with Gasteiger partial charge in [-0.05, 0) is 66.1 Å². The summed E-state index contributed by atoms with van der Waals surface area (Å²) in [4.78, 5) is 15.8. The molecule has 1 heterocycles. The number of nitriles is 1. The number of ether oxygens (including phenoxy) is 2. The molecule has 3 aromatic rings. The van der Waals surface area contributed by atoms with Gasteiger partial charge in [0, 0.05) is 27.9 Å². The first kappa shape index (κ1) is 23.7. The van der Waals surface area contributed by atoms with Gasteiger partial charge in [0.2, 0.25) is 0 Å². The molecule has 0 atom stereocenters. The lowest BCUT2D eigenvalue weighted by Crippen LogP contribution is -2.29. The van der Waals surface area contributed by atoms with Crippen molar-refractivity contribution in [3.05, 3.63) is 88.5 Å². The van der Waals surface area contributed by atoms with Crippen LogP contribution in [0.3, 0.4) is 0 Å². The van der Waals surface area contributed by atoms with Gasteiger partial charge in [-0.1, -0.05) is 35.9 Å². The number of halogens is 1. The first-order chi connectivity index (χ1) is 16.6. The lowest BCUT2D eigenvalue weighted by Gasteiger charge is -2.16. The predicted molar refractivity (Wildman–Crippen MR) is 137 cm³/mol. The van der Waals surface area contributed by atoms with Gasteiger partial charge in [0.15, 0.2) is 11.5 Å². The molecule has 3 aromatic carbocycles. The van der Waals surface area contributed by atoms with Crippen LogP contribution in [-0.2, 0) is 11.2 Å². The van der Waals surface area contributed by atoms with Crippen molar-refractivity contribution in [2.24, 2.45) is 0 Å². The summed E-state index contributed by atoms with van der Waals surface area (Å²) in [5, 5.41) is 10.4. The Kier molecular flexibility index (Phi) is 7.79. The number of carbonyl (C=O) groups is 1. The molecule has 0 radical (unpaired) electrons. The molecule has 0 bridgehead atoms. The van der Waals surface area contributed by atoms with E-state index in [1.54, 1.807) is 42.0 Å². The molecule has 0 unspecified atom stereocenters. The molecule has 1 amide bonds. The Balaban J connectivity index is 1.42. The fourth-order valence-corrected chi connectivity index (χ4v) is 4.60. The van der Waals surface area contributed by atoms with E-state index in [2.05, 4.69) is 6.07 Å². The second-order valence-corrected chi connectivity index (χ2v) is 9.17. The summed E-state index contributed by atoms with van der Waals surface area (Å²) in [6, 6.07) is 22.9. The third kappa shape index (κ3) is 5.56. The molecule has 4 rings (SSSR count). The smallest absolute Gasteiger partial charge is 0.268 e. The van der Waals surface area contributed by atoms with Crippen molar-refractivity contribution >= 4 is 41.0 Å². The summed E-state index contributed by atoms with van der Waals surface area (Å²) in [7, 11) is 1.57. The molecule has 0 aliphatic carbocycles. The van der Waals surface area contributed by atoms with Crippen LogP contribution in [0.15, 0.2) is 77.2 Å². The monoisotopic (exact) mass is 490 g/mol. The van der Waals surface area contributed by atoms with E-state index in [9.17, 15) is 10.1 Å². The van der Waals surface area contributed by atoms with Gasteiger partial charge in [-0.3, -0.25) is 4.79 Å². The van der Waals surface area contributed by atoms with Gasteiger partial charge >= 0.3 is 0 Å². The van der Waals surface area contributed by atoms with Crippen LogP contribution in [0.2, 0.25) is 5.02 Å². The molecule has 1 aliphatic rings. The van der Waals surface area contributed by atoms with E-state index >= 15 is 0 Å². The molecule has 0 aromatic heterocycles. The van der Waals surface area contributed by atoms with Crippen LogP contribution in [0, 0.1) is 11.3 Å². The van der Waals surface area contributed by atoms with Crippen molar-refractivity contribution in [2.75, 3.05) is 30.9 Å². The molecule has 0 spiro atoms. The van der Waals surface area contributed by atoms with Crippen LogP contribution in [0.4, 0.5) is 5.69 Å². The summed E-state index contributed by atoms with van der Waals surface area (Å²) < 4.78 is 11.4. The quantitative estimate of drug-likeness (QED) is 0.167. The topological polar surface area (TPSA) is 62.6 Å². The Morgan fingerprint density at radius 2 is 1.94 bits per heavy atom. The van der Waals surface area contributed by atoms with Crippen molar-refractivity contribution in [2.45, 2.75) is 11.3 Å². The maximum absolute atomic E-state index is 13.0. The van der Waals surface area contributed by atoms with E-state index in [0.717, 1.165) is 28.3 Å². The van der Waals surface area contributed by atoms with Crippen LogP contribution in [-0.4, -0.2) is 31.9 Å². The molecule has 0 N–H and O–H groups in total. The number of benzene rings is 3. The molecule has 0 saturated carbocycles. The number of anilines is 1. The van der Waals surface area contributed by atoms with Gasteiger partial charge < -0.3 is 14.4 Å². The Bertz CT molecular complexity index is 1250. The minimum Gasteiger partial charge on any atom is -0.493 e. The summed E-state index contributed by atoms with van der Waals surface area (Å²) in [5.74, 6) is 1.61. The number of nitrogens with zero attached hydrogens (tertiary/aromatic N) is 2. The van der Waals surface area contributed by atoms with E-state index in [1.165, 1.54) is 0 Å². The highest BCUT2D eigenvalue weighted by atomic mass is 35.5. The second kappa shape index (κ2) is 11.1. The molecule has 34 heavy (non-hydrogen) atoms. The van der Waals surface area contributed by atoms with Gasteiger partial charge in [0.25, 0.3) is 5.91 Å². The van der Waals surface area contributed by atoms with E-state index in [-0.39, 0.29) is 11.5 Å². The van der Waals surface area contributed by atoms with Crippen LogP contribution in [0.25, 0.3) is 6.08 Å². The molecule has 172 valence electrons. The van der Waals surface area contributed by atoms with Gasteiger partial charge in [-0.25, -0.2) is 0 Å². The predicted octanol–water partition coefficient (Wildman–Crippen LogP) is 6.02. The number of hydrogen-bond acceptors (Lipinski definition) is 5. The SMILES string of the molecule is COc1cc(C=C(C#N)C(=O)N2CCc3ccccc32)ccc1OCCSc1ccc(Cl)cc1. The average Bonchev–Trinajstić information content (AvgIpc) is 3.30. The first-order valence-electron chi connectivity index (χ1n) is 10.8. The van der Waals surface area contributed by atoms with Crippen molar-refractivity contribution in [1.82, 2.24) is 0 Å². The molecule has 7 heteroatoms. The summed E-state index contributed by atoms with van der Waals surface area (Å²) in [5.41, 5.74) is 2.75. The number of hydrogen-bond donors (Lipinski definition) is 0. The van der Waals surface area contributed by atoms with Gasteiger partial charge in [-0.2, -0.15) is 5.26 Å². The average molecular weight is 491 g/mol. The Morgan fingerprint density at radius 1 is 1.15 bits per heavy atom. The zero-order valence-electron chi connectivity index (χ0n) is 18.7. The van der Waals surface area contributed by atoms with E-state index in [0.29, 0.717) is 35.2 Å². The van der Waals surface area contributed by atoms with Crippen molar-refractivity contribution in [3.63, 3.8) is 0 Å². The standard InChI is InChI=1S/C27H23ClN2O3S/c1-32-26-17-19(6-11-25(26)33-14-15-34-23-9-7-22(28)8-10-23)16-21(18-29)27(31)30-13-12-20-4-2-3-5-24(20)30/h2-11,16-17H,12-15H2,1H3. The molecular weight excluding hydrogens is 468 g/mol. The van der Waals surface area contributed by atoms with E-state index in [1.807, 2.05) is 54.6 Å². The normalized spacial score (nSPS) is 12.7. The van der Waals surface area contributed by atoms with Gasteiger partial charge in [0.1, 0.15) is 11.6 Å². The molecule has 0 saturated heterocycles. The largest absolute Gasteiger partial charge is 0.493 e. The third-order valence-corrected chi connectivity index (χ3v) is 6.63. The summed E-state index contributed by atoms with van der Waals surface area (Å²) in [6.45, 7) is 1.07. The Morgan fingerprint density at radius 3 is 2.71 bits per heavy atom. The van der Waals surface area contributed by atoms with Gasteiger partial charge in [-0.15, -0.1) is 11.8 Å². The van der Waals surface area contributed by atoms with E-state index < -0.39 is 0 Å². The summed E-state index contributed by atoms with van der Waals surface area (Å²) in [6.07, 6.45) is 2.38. The third-order valence-electron chi connectivity index (χ3n) is 5.41. The number of fused-ring (bicyclic) bond motifs is 1. The minimum atomic E-state index is -0.300. The van der Waals surface area contributed by atoms with Crippen molar-refractivity contribution < 1.29 is 14.3 Å². The lowest BCUT2D eigenvalue weighted by molar-refractivity contribution is -0.114. The maximum Gasteiger partial charge on any atom is 0.268 e. The fourth-order valence-electron chi connectivity index (χ4n) is 3.74. The first-order valence-corrected chi connectivity index (χ1v) is 12.2. The molecule has 5 nitrogen and oxygen atoms in total. The highest BCUT2D eigenvalue weighted by molar-refractivity contribution is 7.99. The highest BCUT2D eigenvalue weighted by Crippen LogP contribution is 2.31. The Hall–Kier alpha value is -3.40. The summed E-state index contributed by atoms with van der Waals surface area (Å²) >= 11 is 7.59.